The van der Waals surface area contributed by atoms with Crippen LogP contribution < -0.4 is 24.6 Å². The Balaban J connectivity index is 1.11. The van der Waals surface area contributed by atoms with Crippen LogP contribution in [0, 0.1) is 0 Å². The molecule has 0 atom stereocenters. The molecule has 2 aromatic rings. The molecule has 0 radical (unpaired) electrons. The van der Waals surface area contributed by atoms with Gasteiger partial charge in [0.15, 0.2) is 23.1 Å². The second-order valence-corrected chi connectivity index (χ2v) is 8.56. The summed E-state index contributed by atoms with van der Waals surface area (Å²) in [6.45, 7) is 8.16. The molecule has 0 aliphatic carbocycles. The molecule has 182 valence electrons. The first-order chi connectivity index (χ1) is 16.7. The van der Waals surface area contributed by atoms with Crippen molar-refractivity contribution in [3.8, 4) is 11.5 Å². The molecule has 3 aliphatic rings. The Morgan fingerprint density at radius 2 is 1.47 bits per heavy atom. The Labute approximate surface area is 198 Å². The van der Waals surface area contributed by atoms with Crippen LogP contribution in [0.3, 0.4) is 0 Å². The molecular formula is C23H31N7O4. The summed E-state index contributed by atoms with van der Waals surface area (Å²) in [5.41, 5.74) is 0.690. The number of amides is 2. The minimum absolute atomic E-state index is 0.127. The van der Waals surface area contributed by atoms with E-state index in [9.17, 15) is 4.79 Å². The molecule has 0 unspecified atom stereocenters. The van der Waals surface area contributed by atoms with Crippen LogP contribution in [-0.2, 0) is 0 Å². The Kier molecular flexibility index (Phi) is 6.82. The number of piperazine rings is 2. The molecule has 5 rings (SSSR count). The van der Waals surface area contributed by atoms with E-state index in [1.165, 1.54) is 0 Å². The number of β-amino-alcohol motifs (C(OH)–C–C–N with tert-alkyl or cyclic N) is 1. The van der Waals surface area contributed by atoms with Gasteiger partial charge in [0, 0.05) is 70.7 Å². The van der Waals surface area contributed by atoms with Crippen molar-refractivity contribution < 1.29 is 19.4 Å². The van der Waals surface area contributed by atoms with Crippen LogP contribution in [0.25, 0.3) is 0 Å². The highest BCUT2D eigenvalue weighted by Gasteiger charge is 2.24. The Morgan fingerprint density at radius 1 is 0.853 bits per heavy atom. The van der Waals surface area contributed by atoms with Crippen LogP contribution in [0.2, 0.25) is 0 Å². The largest absolute Gasteiger partial charge is 0.486 e. The zero-order chi connectivity index (χ0) is 23.3. The molecule has 1 aromatic heterocycles. The van der Waals surface area contributed by atoms with Crippen LogP contribution in [0.1, 0.15) is 0 Å². The number of nitrogens with one attached hydrogen (secondary N) is 1. The second-order valence-electron chi connectivity index (χ2n) is 8.56. The summed E-state index contributed by atoms with van der Waals surface area (Å²) in [5, 5.41) is 20.9. The molecular weight excluding hydrogens is 438 g/mol. The predicted molar refractivity (Wildman–Crippen MR) is 128 cm³/mol. The third kappa shape index (κ3) is 5.10. The van der Waals surface area contributed by atoms with E-state index in [2.05, 4.69) is 30.2 Å². The van der Waals surface area contributed by atoms with Crippen LogP contribution in [0.5, 0.6) is 11.5 Å². The first-order valence-corrected chi connectivity index (χ1v) is 11.8. The normalized spacial score (nSPS) is 18.7. The van der Waals surface area contributed by atoms with Crippen LogP contribution in [0.4, 0.5) is 22.1 Å². The van der Waals surface area contributed by atoms with Crippen LogP contribution in [0.15, 0.2) is 30.3 Å². The summed E-state index contributed by atoms with van der Waals surface area (Å²) in [4.78, 5) is 21.2. The number of benzene rings is 1. The van der Waals surface area contributed by atoms with Gasteiger partial charge in [0.1, 0.15) is 13.2 Å². The predicted octanol–water partition coefficient (Wildman–Crippen LogP) is 0.716. The van der Waals surface area contributed by atoms with Crippen molar-refractivity contribution in [2.75, 3.05) is 93.8 Å². The van der Waals surface area contributed by atoms with Crippen molar-refractivity contribution in [1.29, 1.82) is 0 Å². The molecule has 4 heterocycles. The van der Waals surface area contributed by atoms with E-state index in [4.69, 9.17) is 14.6 Å². The maximum absolute atomic E-state index is 12.7. The molecule has 0 spiro atoms. The summed E-state index contributed by atoms with van der Waals surface area (Å²) in [6, 6.07) is 9.34. The fourth-order valence-corrected chi connectivity index (χ4v) is 4.46. The highest BCUT2D eigenvalue weighted by atomic mass is 16.6. The maximum Gasteiger partial charge on any atom is 0.321 e. The summed E-state index contributed by atoms with van der Waals surface area (Å²) < 4.78 is 11.1. The van der Waals surface area contributed by atoms with E-state index in [-0.39, 0.29) is 12.6 Å². The highest BCUT2D eigenvalue weighted by molar-refractivity contribution is 5.90. The number of urea groups is 1. The van der Waals surface area contributed by atoms with Gasteiger partial charge in [-0.1, -0.05) is 0 Å². The van der Waals surface area contributed by atoms with Gasteiger partial charge in [-0.2, -0.15) is 0 Å². The van der Waals surface area contributed by atoms with E-state index in [0.29, 0.717) is 56.6 Å². The molecule has 11 heteroatoms. The summed E-state index contributed by atoms with van der Waals surface area (Å²) >= 11 is 0. The Bertz CT molecular complexity index is 974. The minimum Gasteiger partial charge on any atom is -0.486 e. The number of ether oxygens (including phenoxy) is 2. The van der Waals surface area contributed by atoms with Crippen molar-refractivity contribution >= 4 is 23.4 Å². The fraction of sp³-hybridized carbons (Fsp3) is 0.522. The average molecular weight is 470 g/mol. The van der Waals surface area contributed by atoms with E-state index in [1.807, 2.05) is 24.3 Å². The van der Waals surface area contributed by atoms with Crippen molar-refractivity contribution in [2.45, 2.75) is 0 Å². The third-order valence-corrected chi connectivity index (χ3v) is 6.43. The lowest BCUT2D eigenvalue weighted by atomic mass is 10.2. The topological polar surface area (TPSA) is 107 Å². The quantitative estimate of drug-likeness (QED) is 0.655. The number of fused-ring (bicyclic) bond motifs is 1. The van der Waals surface area contributed by atoms with E-state index in [1.54, 1.807) is 11.0 Å². The number of hydrogen-bond acceptors (Lipinski definition) is 9. The molecule has 0 bridgehead atoms. The smallest absolute Gasteiger partial charge is 0.321 e. The zero-order valence-corrected chi connectivity index (χ0v) is 19.2. The lowest BCUT2D eigenvalue weighted by molar-refractivity contribution is 0.171. The number of carbonyl (C=O) groups excluding carboxylic acids is 1. The van der Waals surface area contributed by atoms with E-state index < -0.39 is 0 Å². The monoisotopic (exact) mass is 469 g/mol. The van der Waals surface area contributed by atoms with Crippen molar-refractivity contribution in [2.24, 2.45) is 0 Å². The lowest BCUT2D eigenvalue weighted by Crippen LogP contribution is -2.50. The second kappa shape index (κ2) is 10.3. The Hall–Kier alpha value is -3.31. The number of anilines is 3. The van der Waals surface area contributed by atoms with Gasteiger partial charge in [0.05, 0.1) is 6.61 Å². The number of rotatable bonds is 5. The molecule has 2 fully saturated rings. The van der Waals surface area contributed by atoms with Crippen molar-refractivity contribution in [3.63, 3.8) is 0 Å². The number of aromatic nitrogens is 2. The number of aliphatic hydroxyl groups excluding tert-OH is 1. The molecule has 0 saturated carbocycles. The van der Waals surface area contributed by atoms with Gasteiger partial charge in [0.25, 0.3) is 0 Å². The van der Waals surface area contributed by atoms with Gasteiger partial charge in [-0.05, 0) is 24.3 Å². The average Bonchev–Trinajstić information content (AvgIpc) is 2.89. The van der Waals surface area contributed by atoms with Gasteiger partial charge in [0.2, 0.25) is 0 Å². The van der Waals surface area contributed by atoms with E-state index in [0.717, 1.165) is 44.4 Å². The number of aliphatic hydroxyl groups is 1. The molecule has 34 heavy (non-hydrogen) atoms. The lowest BCUT2D eigenvalue weighted by Gasteiger charge is -2.36. The van der Waals surface area contributed by atoms with E-state index >= 15 is 0 Å². The summed E-state index contributed by atoms with van der Waals surface area (Å²) in [6.07, 6.45) is 0. The summed E-state index contributed by atoms with van der Waals surface area (Å²) in [5.74, 6) is 3.07. The SMILES string of the molecule is O=C(Nc1ccc2c(c1)OCCO2)N1CCN(c2ccc(N3CCN(CCO)CC3)nn2)CC1. The number of carbonyl (C=O) groups is 1. The van der Waals surface area contributed by atoms with Gasteiger partial charge in [-0.15, -0.1) is 10.2 Å². The number of nitrogens with zero attached hydrogens (tertiary/aromatic N) is 6. The van der Waals surface area contributed by atoms with Crippen LogP contribution >= 0.6 is 0 Å². The number of hydrogen-bond donors (Lipinski definition) is 2. The van der Waals surface area contributed by atoms with Crippen molar-refractivity contribution in [1.82, 2.24) is 20.0 Å². The molecule has 2 N–H and O–H groups in total. The van der Waals surface area contributed by atoms with Gasteiger partial charge >= 0.3 is 6.03 Å². The molecule has 1 aromatic carbocycles. The van der Waals surface area contributed by atoms with Gasteiger partial charge < -0.3 is 34.6 Å². The molecule has 11 nitrogen and oxygen atoms in total. The van der Waals surface area contributed by atoms with Crippen molar-refractivity contribution in [3.05, 3.63) is 30.3 Å². The fourth-order valence-electron chi connectivity index (χ4n) is 4.46. The molecule has 2 saturated heterocycles. The third-order valence-electron chi connectivity index (χ3n) is 6.43. The summed E-state index contributed by atoms with van der Waals surface area (Å²) in [7, 11) is 0. The zero-order valence-electron chi connectivity index (χ0n) is 19.2. The highest BCUT2D eigenvalue weighted by Crippen LogP contribution is 2.32. The first kappa shape index (κ1) is 22.5. The van der Waals surface area contributed by atoms with Gasteiger partial charge in [-0.25, -0.2) is 4.79 Å². The standard InChI is InChI=1S/C23H31N7O4/c31-14-13-27-5-7-28(8-6-27)21-3-4-22(26-25-21)29-9-11-30(12-10-29)23(32)24-18-1-2-19-20(17-18)34-16-15-33-19/h1-4,17,31H,5-16H2,(H,24,32). The van der Waals surface area contributed by atoms with Gasteiger partial charge in [-0.3, -0.25) is 4.90 Å². The maximum atomic E-state index is 12.7. The first-order valence-electron chi connectivity index (χ1n) is 11.8. The molecule has 2 amide bonds. The Morgan fingerprint density at radius 3 is 2.09 bits per heavy atom. The molecule has 3 aliphatic heterocycles. The minimum atomic E-state index is -0.127. The van der Waals surface area contributed by atoms with Crippen LogP contribution in [-0.4, -0.2) is 110 Å².